The molecule has 6 heteroatoms. The Morgan fingerprint density at radius 2 is 1.72 bits per heavy atom. The first-order valence-electron chi connectivity index (χ1n) is 9.19. The number of anilines is 1. The molecule has 1 atom stereocenters. The molecular weight excluding hydrogens is 369 g/mol. The van der Waals surface area contributed by atoms with Gasteiger partial charge >= 0.3 is 0 Å². The highest BCUT2D eigenvalue weighted by Crippen LogP contribution is 2.33. The molecule has 3 aromatic carbocycles. The third kappa shape index (κ3) is 4.11. The normalized spacial score (nSPS) is 11.8. The highest BCUT2D eigenvalue weighted by molar-refractivity contribution is 5.60. The lowest BCUT2D eigenvalue weighted by Crippen LogP contribution is -2.14. The minimum atomic E-state index is -0.476. The van der Waals surface area contributed by atoms with Gasteiger partial charge in [-0.1, -0.05) is 36.4 Å². The van der Waals surface area contributed by atoms with Crippen molar-refractivity contribution in [1.82, 2.24) is 10.2 Å². The molecule has 1 unspecified atom stereocenters. The molecular formula is C23H20FN3O2. The highest BCUT2D eigenvalue weighted by Gasteiger charge is 2.23. The van der Waals surface area contributed by atoms with E-state index in [-0.39, 0.29) is 5.82 Å². The Labute approximate surface area is 168 Å². The van der Waals surface area contributed by atoms with Gasteiger partial charge in [-0.3, -0.25) is 0 Å². The summed E-state index contributed by atoms with van der Waals surface area (Å²) in [6, 6.07) is 21.1. The molecule has 1 aromatic heterocycles. The maximum atomic E-state index is 13.5. The summed E-state index contributed by atoms with van der Waals surface area (Å²) >= 11 is 0. The highest BCUT2D eigenvalue weighted by atomic mass is 19.1. The third-order valence-electron chi connectivity index (χ3n) is 4.57. The predicted molar refractivity (Wildman–Crippen MR) is 109 cm³/mol. The average molecular weight is 389 g/mol. The summed E-state index contributed by atoms with van der Waals surface area (Å²) < 4.78 is 24.9. The molecule has 0 aliphatic carbocycles. The SMILES string of the molecule is COc1ccc(C)cc1NC(c1ccc(F)cc1)c1nnc(-c2ccccc2)o1. The average Bonchev–Trinajstić information content (AvgIpc) is 3.23. The van der Waals surface area contributed by atoms with E-state index in [1.54, 1.807) is 19.2 Å². The molecule has 0 bridgehead atoms. The molecule has 1 heterocycles. The first-order valence-corrected chi connectivity index (χ1v) is 9.19. The zero-order valence-corrected chi connectivity index (χ0v) is 16.1. The monoisotopic (exact) mass is 389 g/mol. The Hall–Kier alpha value is -3.67. The number of methoxy groups -OCH3 is 1. The molecule has 0 spiro atoms. The largest absolute Gasteiger partial charge is 0.495 e. The van der Waals surface area contributed by atoms with Gasteiger partial charge in [-0.2, -0.15) is 0 Å². The van der Waals surface area contributed by atoms with E-state index in [9.17, 15) is 4.39 Å². The van der Waals surface area contributed by atoms with Crippen LogP contribution in [0.2, 0.25) is 0 Å². The second-order valence-corrected chi connectivity index (χ2v) is 6.64. The Kier molecular flexibility index (Phi) is 5.24. The maximum Gasteiger partial charge on any atom is 0.247 e. The molecule has 1 N–H and O–H groups in total. The molecule has 0 aliphatic heterocycles. The molecule has 0 saturated heterocycles. The Balaban J connectivity index is 1.75. The molecule has 0 fully saturated rings. The standard InChI is InChI=1S/C23H20FN3O2/c1-15-8-13-20(28-2)19(14-15)25-21(16-9-11-18(24)12-10-16)23-27-26-22(29-23)17-6-4-3-5-7-17/h3-14,21,25H,1-2H3. The number of aromatic nitrogens is 2. The molecule has 4 rings (SSSR count). The first-order chi connectivity index (χ1) is 14.1. The predicted octanol–water partition coefficient (Wildman–Crippen LogP) is 5.39. The lowest BCUT2D eigenvalue weighted by molar-refractivity contribution is 0.415. The topological polar surface area (TPSA) is 60.2 Å². The zero-order valence-electron chi connectivity index (χ0n) is 16.1. The lowest BCUT2D eigenvalue weighted by Gasteiger charge is -2.19. The maximum absolute atomic E-state index is 13.5. The van der Waals surface area contributed by atoms with Crippen LogP contribution in [0.4, 0.5) is 10.1 Å². The molecule has 5 nitrogen and oxygen atoms in total. The minimum Gasteiger partial charge on any atom is -0.495 e. The van der Waals surface area contributed by atoms with Crippen molar-refractivity contribution >= 4 is 5.69 Å². The first kappa shape index (κ1) is 18.7. The van der Waals surface area contributed by atoms with Gasteiger partial charge in [-0.25, -0.2) is 4.39 Å². The van der Waals surface area contributed by atoms with E-state index in [4.69, 9.17) is 9.15 Å². The van der Waals surface area contributed by atoms with Gasteiger partial charge in [0.05, 0.1) is 12.8 Å². The van der Waals surface area contributed by atoms with Crippen LogP contribution in [0.5, 0.6) is 5.75 Å². The van der Waals surface area contributed by atoms with Gasteiger partial charge in [0.15, 0.2) is 0 Å². The second-order valence-electron chi connectivity index (χ2n) is 6.64. The van der Waals surface area contributed by atoms with Crippen molar-refractivity contribution < 1.29 is 13.5 Å². The van der Waals surface area contributed by atoms with Crippen LogP contribution in [-0.4, -0.2) is 17.3 Å². The van der Waals surface area contributed by atoms with Crippen LogP contribution in [0.1, 0.15) is 23.1 Å². The number of ether oxygens (including phenoxy) is 1. The number of hydrogen-bond donors (Lipinski definition) is 1. The number of rotatable bonds is 6. The summed E-state index contributed by atoms with van der Waals surface area (Å²) in [6.45, 7) is 2.00. The van der Waals surface area contributed by atoms with Crippen molar-refractivity contribution in [3.63, 3.8) is 0 Å². The van der Waals surface area contributed by atoms with Crippen LogP contribution in [-0.2, 0) is 0 Å². The van der Waals surface area contributed by atoms with Gasteiger partial charge in [0, 0.05) is 5.56 Å². The van der Waals surface area contributed by atoms with Crippen molar-refractivity contribution in [2.24, 2.45) is 0 Å². The van der Waals surface area contributed by atoms with Crippen LogP contribution in [0.25, 0.3) is 11.5 Å². The number of nitrogens with zero attached hydrogens (tertiary/aromatic N) is 2. The zero-order chi connectivity index (χ0) is 20.2. The second kappa shape index (κ2) is 8.14. The minimum absolute atomic E-state index is 0.309. The summed E-state index contributed by atoms with van der Waals surface area (Å²) in [6.07, 6.45) is 0. The van der Waals surface area contributed by atoms with Gasteiger partial charge in [0.2, 0.25) is 11.8 Å². The summed E-state index contributed by atoms with van der Waals surface area (Å²) in [7, 11) is 1.61. The van der Waals surface area contributed by atoms with Crippen molar-refractivity contribution in [2.75, 3.05) is 12.4 Å². The Morgan fingerprint density at radius 1 is 0.966 bits per heavy atom. The summed E-state index contributed by atoms with van der Waals surface area (Å²) in [5, 5.41) is 11.9. The molecule has 29 heavy (non-hydrogen) atoms. The van der Waals surface area contributed by atoms with E-state index in [1.807, 2.05) is 55.5 Å². The number of nitrogens with one attached hydrogen (secondary N) is 1. The molecule has 4 aromatic rings. The summed E-state index contributed by atoms with van der Waals surface area (Å²) in [5.41, 5.74) is 3.47. The van der Waals surface area contributed by atoms with E-state index < -0.39 is 6.04 Å². The van der Waals surface area contributed by atoms with Crippen LogP contribution < -0.4 is 10.1 Å². The number of benzene rings is 3. The van der Waals surface area contributed by atoms with Gasteiger partial charge in [-0.15, -0.1) is 10.2 Å². The lowest BCUT2D eigenvalue weighted by atomic mass is 10.1. The molecule has 0 amide bonds. The van der Waals surface area contributed by atoms with Crippen LogP contribution in [0.15, 0.2) is 77.2 Å². The number of halogens is 1. The molecule has 0 radical (unpaired) electrons. The summed E-state index contributed by atoms with van der Waals surface area (Å²) in [4.78, 5) is 0. The molecule has 0 aliphatic rings. The summed E-state index contributed by atoms with van der Waals surface area (Å²) in [5.74, 6) is 1.17. The smallest absolute Gasteiger partial charge is 0.247 e. The van der Waals surface area contributed by atoms with Crippen molar-refractivity contribution in [1.29, 1.82) is 0 Å². The Morgan fingerprint density at radius 3 is 2.45 bits per heavy atom. The molecule has 146 valence electrons. The Bertz CT molecular complexity index is 1090. The van der Waals surface area contributed by atoms with Gasteiger partial charge in [0.25, 0.3) is 0 Å². The fourth-order valence-electron chi connectivity index (χ4n) is 3.08. The number of aryl methyl sites for hydroxylation is 1. The van der Waals surface area contributed by atoms with Crippen LogP contribution >= 0.6 is 0 Å². The third-order valence-corrected chi connectivity index (χ3v) is 4.57. The van der Waals surface area contributed by atoms with Gasteiger partial charge in [0.1, 0.15) is 17.6 Å². The quantitative estimate of drug-likeness (QED) is 0.479. The van der Waals surface area contributed by atoms with E-state index in [0.29, 0.717) is 17.5 Å². The van der Waals surface area contributed by atoms with Crippen molar-refractivity contribution in [2.45, 2.75) is 13.0 Å². The van der Waals surface area contributed by atoms with Gasteiger partial charge in [-0.05, 0) is 54.4 Å². The van der Waals surface area contributed by atoms with E-state index >= 15 is 0 Å². The van der Waals surface area contributed by atoms with Crippen molar-refractivity contribution in [3.8, 4) is 17.2 Å². The van der Waals surface area contributed by atoms with Crippen LogP contribution in [0.3, 0.4) is 0 Å². The fourth-order valence-corrected chi connectivity index (χ4v) is 3.08. The number of hydrogen-bond acceptors (Lipinski definition) is 5. The van der Waals surface area contributed by atoms with Crippen LogP contribution in [0, 0.1) is 12.7 Å². The van der Waals surface area contributed by atoms with Gasteiger partial charge < -0.3 is 14.5 Å². The van der Waals surface area contributed by atoms with E-state index in [2.05, 4.69) is 15.5 Å². The fraction of sp³-hybridized carbons (Fsp3) is 0.130. The molecule has 0 saturated carbocycles. The van der Waals surface area contributed by atoms with E-state index in [0.717, 1.165) is 22.4 Å². The van der Waals surface area contributed by atoms with E-state index in [1.165, 1.54) is 12.1 Å². The van der Waals surface area contributed by atoms with Crippen molar-refractivity contribution in [3.05, 3.63) is 95.6 Å².